The van der Waals surface area contributed by atoms with Crippen molar-refractivity contribution >= 4 is 11.9 Å². The Hall–Kier alpha value is -3.70. The molecule has 0 radical (unpaired) electrons. The topological polar surface area (TPSA) is 84.6 Å². The average Bonchev–Trinajstić information content (AvgIpc) is 3.34. The van der Waals surface area contributed by atoms with Crippen LogP contribution in [-0.2, 0) is 6.61 Å². The first-order valence-electron chi connectivity index (χ1n) is 11.8. The van der Waals surface area contributed by atoms with Crippen molar-refractivity contribution in [3.8, 4) is 22.5 Å². The molecule has 3 aromatic rings. The molecule has 5 rings (SSSR count). The molecule has 2 unspecified atom stereocenters. The molecule has 1 aromatic heterocycles. The summed E-state index contributed by atoms with van der Waals surface area (Å²) in [5.41, 5.74) is 13.2. The molecule has 0 saturated heterocycles. The van der Waals surface area contributed by atoms with Gasteiger partial charge in [-0.05, 0) is 53.2 Å². The molecular formula is C29H29N3O2. The second-order valence-electron chi connectivity index (χ2n) is 8.91. The predicted octanol–water partition coefficient (Wildman–Crippen LogP) is 6.23. The Labute approximate surface area is 200 Å². The Morgan fingerprint density at radius 2 is 1.85 bits per heavy atom. The van der Waals surface area contributed by atoms with Gasteiger partial charge in [0.25, 0.3) is 0 Å². The van der Waals surface area contributed by atoms with E-state index in [2.05, 4.69) is 65.6 Å². The van der Waals surface area contributed by atoms with E-state index in [9.17, 15) is 5.11 Å². The van der Waals surface area contributed by atoms with E-state index in [1.54, 1.807) is 0 Å². The summed E-state index contributed by atoms with van der Waals surface area (Å²) in [5, 5.41) is 14.0. The second kappa shape index (κ2) is 9.65. The molecule has 1 aliphatic carbocycles. The molecule has 3 N–H and O–H groups in total. The van der Waals surface area contributed by atoms with Crippen LogP contribution >= 0.6 is 0 Å². The van der Waals surface area contributed by atoms with Crippen LogP contribution in [0.25, 0.3) is 28.5 Å². The average molecular weight is 452 g/mol. The number of nitrogens with two attached hydrogens (primary N) is 1. The van der Waals surface area contributed by atoms with Gasteiger partial charge >= 0.3 is 0 Å². The van der Waals surface area contributed by atoms with E-state index in [0.29, 0.717) is 5.84 Å². The molecule has 2 heterocycles. The molecule has 34 heavy (non-hydrogen) atoms. The van der Waals surface area contributed by atoms with Gasteiger partial charge in [-0.2, -0.15) is 0 Å². The van der Waals surface area contributed by atoms with Crippen molar-refractivity contribution in [1.29, 1.82) is 0 Å². The van der Waals surface area contributed by atoms with Crippen molar-refractivity contribution in [3.05, 3.63) is 95.4 Å². The number of benzene rings is 2. The third-order valence-electron chi connectivity index (χ3n) is 6.77. The summed E-state index contributed by atoms with van der Waals surface area (Å²) in [6, 6.07) is 16.2. The van der Waals surface area contributed by atoms with Gasteiger partial charge in [-0.15, -0.1) is 0 Å². The molecular weight excluding hydrogens is 422 g/mol. The Morgan fingerprint density at radius 1 is 1.06 bits per heavy atom. The highest BCUT2D eigenvalue weighted by Gasteiger charge is 2.31. The molecule has 2 aliphatic rings. The quantitative estimate of drug-likeness (QED) is 0.492. The second-order valence-corrected chi connectivity index (χ2v) is 8.91. The highest BCUT2D eigenvalue weighted by atomic mass is 16.5. The normalized spacial score (nSPS) is 22.5. The zero-order chi connectivity index (χ0) is 23.5. The number of allylic oxidation sites excluding steroid dienone is 4. The molecule has 0 bridgehead atoms. The van der Waals surface area contributed by atoms with Crippen LogP contribution in [0.5, 0.6) is 0 Å². The van der Waals surface area contributed by atoms with Crippen molar-refractivity contribution in [1.82, 2.24) is 5.16 Å². The zero-order valence-electron chi connectivity index (χ0n) is 19.3. The molecule has 0 fully saturated rings. The van der Waals surface area contributed by atoms with Crippen LogP contribution in [0.3, 0.4) is 0 Å². The lowest BCUT2D eigenvalue weighted by Gasteiger charge is -2.26. The van der Waals surface area contributed by atoms with Crippen LogP contribution in [0.2, 0.25) is 0 Å². The van der Waals surface area contributed by atoms with Crippen molar-refractivity contribution < 1.29 is 9.63 Å². The summed E-state index contributed by atoms with van der Waals surface area (Å²) < 4.78 is 5.86. The monoisotopic (exact) mass is 451 g/mol. The highest BCUT2D eigenvalue weighted by molar-refractivity contribution is 5.81. The predicted molar refractivity (Wildman–Crippen MR) is 137 cm³/mol. The summed E-state index contributed by atoms with van der Waals surface area (Å²) in [5.74, 6) is 1.92. The lowest BCUT2D eigenvalue weighted by atomic mass is 9.77. The van der Waals surface area contributed by atoms with Gasteiger partial charge in [-0.1, -0.05) is 72.8 Å². The maximum atomic E-state index is 9.69. The smallest absolute Gasteiger partial charge is 0.170 e. The van der Waals surface area contributed by atoms with E-state index in [1.165, 1.54) is 5.57 Å². The number of amidine groups is 1. The van der Waals surface area contributed by atoms with E-state index in [0.717, 1.165) is 58.5 Å². The van der Waals surface area contributed by atoms with Crippen LogP contribution < -0.4 is 5.73 Å². The molecule has 0 spiro atoms. The van der Waals surface area contributed by atoms with E-state index in [1.807, 2.05) is 30.5 Å². The number of hydrogen-bond donors (Lipinski definition) is 2. The van der Waals surface area contributed by atoms with Crippen LogP contribution in [-0.4, -0.2) is 16.1 Å². The van der Waals surface area contributed by atoms with Crippen molar-refractivity contribution in [3.63, 3.8) is 0 Å². The van der Waals surface area contributed by atoms with E-state index in [-0.39, 0.29) is 18.4 Å². The number of aliphatic hydroxyl groups excluding tert-OH is 1. The number of fused-ring (bicyclic) bond motifs is 1. The van der Waals surface area contributed by atoms with Crippen molar-refractivity contribution in [2.24, 2.45) is 16.6 Å². The molecule has 2 aromatic carbocycles. The standard InChI is InChI=1S/C29H29N3O2/c1-19-24(20-6-3-5-9-27(30)31-17-16-20)14-15-26-28(19)29(34-32-26)22-12-10-21(11-13-22)25-8-4-2-7-23(25)18-33/h2,4,6-8,10-17,19,24,33H,3,5,9,18H2,1H3,(H2,30,31)/b17-16-,20-6+. The fourth-order valence-corrected chi connectivity index (χ4v) is 4.91. The summed E-state index contributed by atoms with van der Waals surface area (Å²) in [4.78, 5) is 4.36. The van der Waals surface area contributed by atoms with Crippen LogP contribution in [0.4, 0.5) is 0 Å². The molecule has 5 heteroatoms. The summed E-state index contributed by atoms with van der Waals surface area (Å²) >= 11 is 0. The SMILES string of the molecule is CC1c2c(noc2-c2ccc(-c3ccccc3CO)cc2)C=CC1C1=C/CCCC(N)=N/C=C\1. The van der Waals surface area contributed by atoms with Gasteiger partial charge in [0.1, 0.15) is 5.69 Å². The zero-order valence-corrected chi connectivity index (χ0v) is 19.3. The number of aliphatic hydroxyl groups is 1. The lowest BCUT2D eigenvalue weighted by Crippen LogP contribution is -2.14. The Balaban J connectivity index is 1.46. The van der Waals surface area contributed by atoms with Gasteiger partial charge in [-0.3, -0.25) is 0 Å². The largest absolute Gasteiger partial charge is 0.392 e. The molecule has 5 nitrogen and oxygen atoms in total. The third kappa shape index (κ3) is 4.27. The van der Waals surface area contributed by atoms with E-state index in [4.69, 9.17) is 10.3 Å². The first-order valence-corrected chi connectivity index (χ1v) is 11.8. The molecule has 0 amide bonds. The first kappa shape index (κ1) is 22.1. The van der Waals surface area contributed by atoms with E-state index >= 15 is 0 Å². The summed E-state index contributed by atoms with van der Waals surface area (Å²) in [6.45, 7) is 2.25. The van der Waals surface area contributed by atoms with Crippen LogP contribution in [0.1, 0.15) is 48.9 Å². The first-order chi connectivity index (χ1) is 16.7. The fraction of sp³-hybridized carbons (Fsp3) is 0.241. The van der Waals surface area contributed by atoms with E-state index < -0.39 is 0 Å². The summed E-state index contributed by atoms with van der Waals surface area (Å²) in [6.07, 6.45) is 13.3. The maximum absolute atomic E-state index is 9.69. The van der Waals surface area contributed by atoms with Gasteiger partial charge in [0.05, 0.1) is 12.4 Å². The third-order valence-corrected chi connectivity index (χ3v) is 6.77. The number of nitrogens with zero attached hydrogens (tertiary/aromatic N) is 2. The van der Waals surface area contributed by atoms with Crippen LogP contribution in [0.15, 0.2) is 88.0 Å². The van der Waals surface area contributed by atoms with Gasteiger partial charge in [0.15, 0.2) is 5.76 Å². The number of hydrogen-bond acceptors (Lipinski definition) is 5. The molecule has 172 valence electrons. The van der Waals surface area contributed by atoms with Crippen LogP contribution in [0, 0.1) is 5.92 Å². The fourth-order valence-electron chi connectivity index (χ4n) is 4.91. The highest BCUT2D eigenvalue weighted by Crippen LogP contribution is 2.43. The lowest BCUT2D eigenvalue weighted by molar-refractivity contribution is 0.282. The Bertz CT molecular complexity index is 1300. The van der Waals surface area contributed by atoms with Crippen molar-refractivity contribution in [2.45, 2.75) is 38.7 Å². The van der Waals surface area contributed by atoms with Crippen molar-refractivity contribution in [2.75, 3.05) is 0 Å². The number of aromatic nitrogens is 1. The minimum atomic E-state index is 0.0149. The van der Waals surface area contributed by atoms with Gasteiger partial charge in [0, 0.05) is 29.7 Å². The summed E-state index contributed by atoms with van der Waals surface area (Å²) in [7, 11) is 0. The number of aliphatic imine (C=N–C) groups is 1. The van der Waals surface area contributed by atoms with Gasteiger partial charge < -0.3 is 15.4 Å². The number of rotatable bonds is 4. The Kier molecular flexibility index (Phi) is 6.28. The van der Waals surface area contributed by atoms with Gasteiger partial charge in [-0.25, -0.2) is 4.99 Å². The minimum absolute atomic E-state index is 0.0149. The molecule has 0 saturated carbocycles. The Morgan fingerprint density at radius 3 is 2.68 bits per heavy atom. The maximum Gasteiger partial charge on any atom is 0.170 e. The minimum Gasteiger partial charge on any atom is -0.392 e. The van der Waals surface area contributed by atoms with Gasteiger partial charge in [0.2, 0.25) is 0 Å². The molecule has 1 aliphatic heterocycles. The molecule has 2 atom stereocenters.